The third-order valence-corrected chi connectivity index (χ3v) is 14.4. The maximum absolute atomic E-state index is 14.2. The molecule has 43 heteroatoms. The van der Waals surface area contributed by atoms with Gasteiger partial charge in [0.2, 0.25) is 70.9 Å². The maximum atomic E-state index is 14.2. The van der Waals surface area contributed by atoms with Gasteiger partial charge in [-0.2, -0.15) is 11.8 Å². The molecule has 11 unspecified atom stereocenters. The van der Waals surface area contributed by atoms with E-state index in [-0.39, 0.29) is 51.6 Å². The molecule has 0 aliphatic heterocycles. The van der Waals surface area contributed by atoms with E-state index in [2.05, 4.69) is 53.2 Å². The predicted molar refractivity (Wildman–Crippen MR) is 344 cm³/mol. The number of aliphatic hydroxyl groups is 1. The molecule has 0 aliphatic carbocycles. The number of benzene rings is 1. The van der Waals surface area contributed by atoms with Crippen LogP contribution < -0.4 is 92.1 Å². The summed E-state index contributed by atoms with van der Waals surface area (Å²) >= 11 is 1.39. The summed E-state index contributed by atoms with van der Waals surface area (Å²) in [6.07, 6.45) is -5.37. The van der Waals surface area contributed by atoms with Gasteiger partial charge in [0, 0.05) is 32.4 Å². The number of carboxylic acids is 5. The number of thioether (sulfide) groups is 1. The standard InChI is InChI=1S/C56H87N19O23S/c1-26(44(87)68-31(12-14-40(79)80)49(92)73-35(23-43(85)86)51(94)70-32(13-15-41(81)82)50(93)74-36(54(97)98)21-38(58)77)66-53(96)37(25-76)75-48(91)30(11-7-18-64-56(61)62)69-47(90)29(10-6-17-63-55(59)60)67-39(78)24-65-46(89)33(20-27-8-4-3-5-9-27)72-52(95)34(22-42(83)84)71-45(88)28(57)16-19-99-2/h3-5,8-9,26,28-37,76H,6-7,10-25,57H2,1-2H3,(H2,58,77)(H,65,89)(H,66,96)(H,67,78)(H,68,87)(H,69,90)(H,70,94)(H,71,88)(H,72,95)(H,73,92)(H,74,93)(H,75,91)(H,79,80)(H,81,82)(H,83,84)(H,85,86)(H,97,98)(H4,59,60,63)(H4,61,62,64). The highest BCUT2D eigenvalue weighted by molar-refractivity contribution is 7.98. The number of hydrogen-bond acceptors (Lipinski definition) is 22. The molecular weight excluding hydrogens is 1340 g/mol. The second-order valence-corrected chi connectivity index (χ2v) is 22.8. The Morgan fingerprint density at radius 1 is 0.444 bits per heavy atom. The number of nitrogens with two attached hydrogens (primary N) is 4. The molecule has 0 bridgehead atoms. The van der Waals surface area contributed by atoms with Crippen LogP contribution in [0, 0.1) is 10.8 Å². The van der Waals surface area contributed by atoms with Crippen LogP contribution in [0.25, 0.3) is 0 Å². The van der Waals surface area contributed by atoms with Crippen molar-refractivity contribution < 1.29 is 112 Å². The molecule has 29 N–H and O–H groups in total. The topological polar surface area (TPSA) is 720 Å². The summed E-state index contributed by atoms with van der Waals surface area (Å²) in [7, 11) is 0. The Morgan fingerprint density at radius 3 is 1.26 bits per heavy atom. The smallest absolute Gasteiger partial charge is 0.326 e. The quantitative estimate of drug-likeness (QED) is 0.0164. The molecule has 0 fully saturated rings. The number of hydrogen-bond donors (Lipinski definition) is 25. The molecular formula is C56H87N19O23S. The highest BCUT2D eigenvalue weighted by atomic mass is 32.2. The molecule has 550 valence electrons. The molecule has 1 aromatic carbocycles. The number of guanidine groups is 2. The van der Waals surface area contributed by atoms with Crippen LogP contribution in [0.5, 0.6) is 0 Å². The minimum atomic E-state index is -2.20. The van der Waals surface area contributed by atoms with E-state index in [0.29, 0.717) is 11.3 Å². The van der Waals surface area contributed by atoms with E-state index in [1.54, 1.807) is 36.6 Å². The Hall–Kier alpha value is -11.0. The molecule has 0 spiro atoms. The number of nitrogens with one attached hydrogen (secondary N) is 15. The Bertz CT molecular complexity index is 3060. The number of carboxylic acid groups (broad SMARTS) is 5. The second-order valence-electron chi connectivity index (χ2n) is 21.9. The lowest BCUT2D eigenvalue weighted by molar-refractivity contribution is -0.144. The minimum Gasteiger partial charge on any atom is -0.481 e. The van der Waals surface area contributed by atoms with Crippen molar-refractivity contribution in [1.82, 2.24) is 69.1 Å². The molecule has 0 aromatic heterocycles. The molecule has 99 heavy (non-hydrogen) atoms. The van der Waals surface area contributed by atoms with E-state index in [1.807, 2.05) is 16.0 Å². The molecule has 0 saturated heterocycles. The lowest BCUT2D eigenvalue weighted by Gasteiger charge is -2.27. The van der Waals surface area contributed by atoms with Crippen molar-refractivity contribution >= 4 is 124 Å². The highest BCUT2D eigenvalue weighted by Gasteiger charge is 2.37. The van der Waals surface area contributed by atoms with Crippen molar-refractivity contribution in [1.29, 1.82) is 10.8 Å². The number of amides is 12. The van der Waals surface area contributed by atoms with Crippen molar-refractivity contribution in [3.63, 3.8) is 0 Å². The molecule has 0 heterocycles. The van der Waals surface area contributed by atoms with Gasteiger partial charge in [-0.1, -0.05) is 30.3 Å². The van der Waals surface area contributed by atoms with Crippen LogP contribution in [0.1, 0.15) is 89.5 Å². The van der Waals surface area contributed by atoms with Gasteiger partial charge in [-0.25, -0.2) is 4.79 Å². The van der Waals surface area contributed by atoms with Crippen LogP contribution >= 0.6 is 11.8 Å². The summed E-state index contributed by atoms with van der Waals surface area (Å²) in [4.78, 5) is 220. The summed E-state index contributed by atoms with van der Waals surface area (Å²) in [5.74, 6) is -23.0. The highest BCUT2D eigenvalue weighted by Crippen LogP contribution is 2.10. The SMILES string of the molecule is CSCCC(N)C(=O)NC(CC(=O)O)C(=O)NC(Cc1ccccc1)C(=O)NCC(=O)NC(CCCNC(=N)N)C(=O)NC(CCCNC(=N)N)C(=O)NC(CO)C(=O)NC(C)C(=O)NC(CCC(=O)O)C(=O)NC(CC(=O)O)C(=O)NC(CCC(=O)O)C(=O)NC(CC(N)=O)C(=O)O. The van der Waals surface area contributed by atoms with Crippen LogP contribution in [0.15, 0.2) is 30.3 Å². The first kappa shape index (κ1) is 86.0. The van der Waals surface area contributed by atoms with Crippen molar-refractivity contribution in [3.05, 3.63) is 35.9 Å². The number of primary amides is 1. The molecule has 0 radical (unpaired) electrons. The normalized spacial score (nSPS) is 14.1. The van der Waals surface area contributed by atoms with Gasteiger partial charge in [-0.15, -0.1) is 0 Å². The summed E-state index contributed by atoms with van der Waals surface area (Å²) in [6, 6.07) is -11.3. The van der Waals surface area contributed by atoms with Gasteiger partial charge in [0.1, 0.15) is 60.4 Å². The third kappa shape index (κ3) is 36.1. The van der Waals surface area contributed by atoms with Crippen molar-refractivity contribution in [2.45, 2.75) is 157 Å². The zero-order chi connectivity index (χ0) is 75.1. The van der Waals surface area contributed by atoms with Crippen LogP contribution in [-0.4, -0.2) is 248 Å². The number of carbonyl (C=O) groups is 17. The van der Waals surface area contributed by atoms with Crippen molar-refractivity contribution in [3.8, 4) is 0 Å². The van der Waals surface area contributed by atoms with Gasteiger partial charge >= 0.3 is 29.8 Å². The predicted octanol–water partition coefficient (Wildman–Crippen LogP) is -9.55. The van der Waals surface area contributed by atoms with Crippen molar-refractivity contribution in [2.24, 2.45) is 22.9 Å². The fourth-order valence-electron chi connectivity index (χ4n) is 8.59. The molecule has 12 amide bonds. The van der Waals surface area contributed by atoms with Gasteiger partial charge in [-0.3, -0.25) is 87.5 Å². The average Bonchev–Trinajstić information content (AvgIpc) is 0.894. The maximum Gasteiger partial charge on any atom is 0.326 e. The zero-order valence-corrected chi connectivity index (χ0v) is 54.6. The Kier molecular flexibility index (Phi) is 39.5. The fraction of sp³-hybridized carbons (Fsp3) is 0.554. The first-order valence-corrected chi connectivity index (χ1v) is 31.6. The van der Waals surface area contributed by atoms with Crippen LogP contribution in [0.2, 0.25) is 0 Å². The molecule has 11 atom stereocenters. The monoisotopic (exact) mass is 1430 g/mol. The van der Waals surface area contributed by atoms with E-state index in [4.69, 9.17) is 33.8 Å². The molecule has 1 rings (SSSR count). The number of rotatable bonds is 49. The number of aliphatic carboxylic acids is 5. The van der Waals surface area contributed by atoms with Gasteiger partial charge in [0.15, 0.2) is 11.9 Å². The molecule has 42 nitrogen and oxygen atoms in total. The Morgan fingerprint density at radius 2 is 0.838 bits per heavy atom. The minimum absolute atomic E-state index is 0.00166. The van der Waals surface area contributed by atoms with E-state index >= 15 is 0 Å². The van der Waals surface area contributed by atoms with Crippen LogP contribution in [0.4, 0.5) is 0 Å². The van der Waals surface area contributed by atoms with Gasteiger partial charge in [-0.05, 0) is 69.4 Å². The summed E-state index contributed by atoms with van der Waals surface area (Å²) in [6.45, 7) is -1.22. The molecule has 0 saturated carbocycles. The van der Waals surface area contributed by atoms with Crippen LogP contribution in [-0.2, 0) is 87.9 Å². The first-order valence-electron chi connectivity index (χ1n) is 30.2. The van der Waals surface area contributed by atoms with Gasteiger partial charge in [0.25, 0.3) is 0 Å². The van der Waals surface area contributed by atoms with E-state index in [0.717, 1.165) is 6.92 Å². The molecule has 1 aromatic rings. The lowest BCUT2D eigenvalue weighted by Crippen LogP contribution is -2.60. The Balaban J connectivity index is 3.50. The Labute approximate surface area is 568 Å². The third-order valence-electron chi connectivity index (χ3n) is 13.7. The number of carbonyl (C=O) groups excluding carboxylic acids is 12. The largest absolute Gasteiger partial charge is 0.481 e. The summed E-state index contributed by atoms with van der Waals surface area (Å²) in [5.41, 5.74) is 22.3. The van der Waals surface area contributed by atoms with Gasteiger partial charge in [0.05, 0.1) is 38.5 Å². The van der Waals surface area contributed by atoms with Gasteiger partial charge < -0.3 is 123 Å². The lowest BCUT2D eigenvalue weighted by atomic mass is 10.0. The average molecular weight is 1430 g/mol. The summed E-state index contributed by atoms with van der Waals surface area (Å²) < 4.78 is 0. The fourth-order valence-corrected chi connectivity index (χ4v) is 9.08. The summed E-state index contributed by atoms with van der Waals surface area (Å²) in [5, 5.41) is 102. The number of aliphatic hydroxyl groups excluding tert-OH is 1. The molecule has 0 aliphatic rings. The second kappa shape index (κ2) is 45.5. The zero-order valence-electron chi connectivity index (χ0n) is 53.8. The first-order chi connectivity index (χ1) is 46.5. The van der Waals surface area contributed by atoms with E-state index in [9.17, 15) is 112 Å². The van der Waals surface area contributed by atoms with E-state index in [1.165, 1.54) is 11.8 Å². The van der Waals surface area contributed by atoms with E-state index < -0.39 is 237 Å². The van der Waals surface area contributed by atoms with Crippen molar-refractivity contribution in [2.75, 3.05) is 38.2 Å². The van der Waals surface area contributed by atoms with Crippen LogP contribution in [0.3, 0.4) is 0 Å².